The monoisotopic (exact) mass is 209 g/mol. The van der Waals surface area contributed by atoms with Gasteiger partial charge in [0.15, 0.2) is 0 Å². The van der Waals surface area contributed by atoms with Crippen LogP contribution in [0.3, 0.4) is 0 Å². The predicted molar refractivity (Wildman–Crippen MR) is 68.7 cm³/mol. The second-order valence-electron chi connectivity index (χ2n) is 4.41. The van der Waals surface area contributed by atoms with E-state index >= 15 is 0 Å². The summed E-state index contributed by atoms with van der Waals surface area (Å²) in [6.07, 6.45) is 12.1. The van der Waals surface area contributed by atoms with E-state index in [1.54, 1.807) is 0 Å². The molecule has 0 aromatic heterocycles. The van der Waals surface area contributed by atoms with Crippen LogP contribution < -0.4 is 0 Å². The zero-order chi connectivity index (χ0) is 11.4. The lowest BCUT2D eigenvalue weighted by Crippen LogP contribution is -2.00. The first-order chi connectivity index (χ1) is 7.27. The quantitative estimate of drug-likeness (QED) is 0.331. The van der Waals surface area contributed by atoms with E-state index in [2.05, 4.69) is 18.9 Å². The van der Waals surface area contributed by atoms with E-state index in [4.69, 9.17) is 0 Å². The van der Waals surface area contributed by atoms with E-state index in [9.17, 15) is 0 Å². The van der Waals surface area contributed by atoms with Crippen molar-refractivity contribution in [3.05, 3.63) is 0 Å². The van der Waals surface area contributed by atoms with Crippen molar-refractivity contribution in [3.8, 4) is 12.0 Å². The van der Waals surface area contributed by atoms with Crippen LogP contribution in [0.25, 0.3) is 0 Å². The van der Waals surface area contributed by atoms with Crippen molar-refractivity contribution in [2.24, 2.45) is 0 Å². The summed E-state index contributed by atoms with van der Waals surface area (Å²) in [7, 11) is 3.97. The molecule has 0 aromatic carbocycles. The molecule has 0 aromatic rings. The van der Waals surface area contributed by atoms with E-state index in [0.29, 0.717) is 0 Å². The fourth-order valence-corrected chi connectivity index (χ4v) is 1.56. The minimum atomic E-state index is 1.06. The zero-order valence-corrected chi connectivity index (χ0v) is 10.8. The summed E-state index contributed by atoms with van der Waals surface area (Å²) >= 11 is 0. The van der Waals surface area contributed by atoms with Gasteiger partial charge < -0.3 is 4.90 Å². The van der Waals surface area contributed by atoms with Crippen LogP contribution in [0.2, 0.25) is 0 Å². The van der Waals surface area contributed by atoms with Crippen LogP contribution in [0, 0.1) is 12.0 Å². The summed E-state index contributed by atoms with van der Waals surface area (Å²) in [5.41, 5.74) is 0. The molecule has 0 atom stereocenters. The van der Waals surface area contributed by atoms with Gasteiger partial charge in [0.05, 0.1) is 0 Å². The Morgan fingerprint density at radius 3 is 1.87 bits per heavy atom. The van der Waals surface area contributed by atoms with E-state index in [1.165, 1.54) is 51.4 Å². The summed E-state index contributed by atoms with van der Waals surface area (Å²) in [5, 5.41) is 0. The maximum atomic E-state index is 3.17. The van der Waals surface area contributed by atoms with Crippen molar-refractivity contribution in [2.75, 3.05) is 14.1 Å². The average Bonchev–Trinajstić information content (AvgIpc) is 2.20. The Hall–Kier alpha value is -0.640. The maximum absolute atomic E-state index is 3.17. The number of rotatable bonds is 8. The van der Waals surface area contributed by atoms with E-state index < -0.39 is 0 Å². The van der Waals surface area contributed by atoms with Crippen molar-refractivity contribution >= 4 is 0 Å². The van der Waals surface area contributed by atoms with E-state index in [0.717, 1.165) is 6.42 Å². The molecule has 0 N–H and O–H groups in total. The van der Waals surface area contributed by atoms with Gasteiger partial charge in [0.2, 0.25) is 0 Å². The van der Waals surface area contributed by atoms with E-state index in [-0.39, 0.29) is 0 Å². The highest BCUT2D eigenvalue weighted by Gasteiger charge is 1.90. The van der Waals surface area contributed by atoms with Crippen LogP contribution in [-0.2, 0) is 0 Å². The van der Waals surface area contributed by atoms with Crippen LogP contribution in [-0.4, -0.2) is 19.0 Å². The fraction of sp³-hybridized carbons (Fsp3) is 0.857. The summed E-state index contributed by atoms with van der Waals surface area (Å²) in [6.45, 7) is 2.27. The van der Waals surface area contributed by atoms with Gasteiger partial charge in [0, 0.05) is 26.6 Å². The highest BCUT2D eigenvalue weighted by Crippen LogP contribution is 2.08. The molecule has 1 nitrogen and oxygen atoms in total. The maximum Gasteiger partial charge on any atom is 0.0144 e. The van der Waals surface area contributed by atoms with Crippen molar-refractivity contribution in [1.82, 2.24) is 4.90 Å². The Labute approximate surface area is 96.2 Å². The van der Waals surface area contributed by atoms with E-state index in [1.807, 2.05) is 19.0 Å². The topological polar surface area (TPSA) is 3.24 Å². The molecule has 0 heterocycles. The largest absolute Gasteiger partial charge is 0.339 e. The molecule has 15 heavy (non-hydrogen) atoms. The Morgan fingerprint density at radius 2 is 1.33 bits per heavy atom. The first-order valence-corrected chi connectivity index (χ1v) is 6.43. The van der Waals surface area contributed by atoms with Gasteiger partial charge in [0.25, 0.3) is 0 Å². The molecule has 0 unspecified atom stereocenters. The Bertz CT molecular complexity index is 174. The highest BCUT2D eigenvalue weighted by atomic mass is 15.0. The van der Waals surface area contributed by atoms with Crippen LogP contribution >= 0.6 is 0 Å². The third-order valence-corrected chi connectivity index (χ3v) is 2.46. The van der Waals surface area contributed by atoms with Gasteiger partial charge in [-0.25, -0.2) is 0 Å². The SMILES string of the molecule is CCCCCCCCCCC#CN(C)C. The highest BCUT2D eigenvalue weighted by molar-refractivity contribution is 4.96. The molecule has 0 bridgehead atoms. The number of hydrogen-bond acceptors (Lipinski definition) is 1. The van der Waals surface area contributed by atoms with Crippen LogP contribution in [0.15, 0.2) is 0 Å². The van der Waals surface area contributed by atoms with Gasteiger partial charge in [-0.1, -0.05) is 57.8 Å². The van der Waals surface area contributed by atoms with Crippen LogP contribution in [0.4, 0.5) is 0 Å². The first kappa shape index (κ1) is 14.4. The molecular weight excluding hydrogens is 182 g/mol. The fourth-order valence-electron chi connectivity index (χ4n) is 1.56. The van der Waals surface area contributed by atoms with Crippen molar-refractivity contribution < 1.29 is 0 Å². The molecule has 0 amide bonds. The molecule has 1 heteroatoms. The van der Waals surface area contributed by atoms with Crippen molar-refractivity contribution in [3.63, 3.8) is 0 Å². The summed E-state index contributed by atoms with van der Waals surface area (Å²) < 4.78 is 0. The Morgan fingerprint density at radius 1 is 0.800 bits per heavy atom. The smallest absolute Gasteiger partial charge is 0.0144 e. The van der Waals surface area contributed by atoms with Gasteiger partial charge in [-0.05, 0) is 6.42 Å². The Balaban J connectivity index is 3.03. The average molecular weight is 209 g/mol. The molecule has 0 spiro atoms. The molecular formula is C14H27N. The molecule has 0 aliphatic carbocycles. The molecule has 0 rings (SSSR count). The second-order valence-corrected chi connectivity index (χ2v) is 4.41. The molecule has 0 saturated heterocycles. The lowest BCUT2D eigenvalue weighted by molar-refractivity contribution is 0.576. The minimum absolute atomic E-state index is 1.06. The molecule has 0 aliphatic rings. The minimum Gasteiger partial charge on any atom is -0.339 e. The van der Waals surface area contributed by atoms with Crippen molar-refractivity contribution in [1.29, 1.82) is 0 Å². The lowest BCUT2D eigenvalue weighted by Gasteiger charge is -2.00. The first-order valence-electron chi connectivity index (χ1n) is 6.43. The second kappa shape index (κ2) is 11.4. The third kappa shape index (κ3) is 13.4. The number of unbranched alkanes of at least 4 members (excludes halogenated alkanes) is 8. The molecule has 0 saturated carbocycles. The van der Waals surface area contributed by atoms with Crippen LogP contribution in [0.5, 0.6) is 0 Å². The normalized spacial score (nSPS) is 9.53. The standard InChI is InChI=1S/C14H27N/c1-4-5-6-7-8-9-10-11-12-13-14-15(2)3/h4-12H2,1-3H3. The molecule has 0 radical (unpaired) electrons. The lowest BCUT2D eigenvalue weighted by atomic mass is 10.1. The van der Waals surface area contributed by atoms with Gasteiger partial charge in [-0.2, -0.15) is 0 Å². The summed E-state index contributed by atoms with van der Waals surface area (Å²) in [6, 6.07) is 3.05. The molecule has 0 fully saturated rings. The van der Waals surface area contributed by atoms with Crippen molar-refractivity contribution in [2.45, 2.75) is 64.7 Å². The van der Waals surface area contributed by atoms with Gasteiger partial charge >= 0.3 is 0 Å². The Kier molecular flexibility index (Phi) is 10.9. The summed E-state index contributed by atoms with van der Waals surface area (Å²) in [5.74, 6) is 3.17. The number of hydrogen-bond donors (Lipinski definition) is 0. The summed E-state index contributed by atoms with van der Waals surface area (Å²) in [4.78, 5) is 1.92. The third-order valence-electron chi connectivity index (χ3n) is 2.46. The van der Waals surface area contributed by atoms with Gasteiger partial charge in [-0.3, -0.25) is 0 Å². The molecule has 0 aliphatic heterocycles. The zero-order valence-electron chi connectivity index (χ0n) is 10.8. The van der Waals surface area contributed by atoms with Gasteiger partial charge in [-0.15, -0.1) is 0 Å². The molecule has 88 valence electrons. The van der Waals surface area contributed by atoms with Crippen LogP contribution in [0.1, 0.15) is 64.7 Å². The van der Waals surface area contributed by atoms with Gasteiger partial charge in [0.1, 0.15) is 0 Å². The predicted octanol–water partition coefficient (Wildman–Crippen LogP) is 4.04. The number of nitrogens with zero attached hydrogens (tertiary/aromatic N) is 1.